The minimum absolute atomic E-state index is 0.153. The van der Waals surface area contributed by atoms with Crippen LogP contribution in [0.2, 0.25) is 0 Å². The zero-order valence-electron chi connectivity index (χ0n) is 14.7. The maximum atomic E-state index is 6.06. The average Bonchev–Trinajstić information content (AvgIpc) is 2.75. The molecule has 0 saturated carbocycles. The molecule has 8 heteroatoms. The Hall–Kier alpha value is -1.06. The third kappa shape index (κ3) is 2.66. The summed E-state index contributed by atoms with van der Waals surface area (Å²) < 4.78 is 23.3. The van der Waals surface area contributed by atoms with E-state index in [-0.39, 0.29) is 23.2 Å². The molecule has 0 radical (unpaired) electrons. The first-order valence-corrected chi connectivity index (χ1v) is 8.44. The summed E-state index contributed by atoms with van der Waals surface area (Å²) in [5, 5.41) is 0. The number of nitrogens with zero attached hydrogens (tertiary/aromatic N) is 3. The number of hydrogen-bond acceptors (Lipinski definition) is 7. The molecular formula is C16H24BN3O4. The molecule has 4 heterocycles. The van der Waals surface area contributed by atoms with Crippen LogP contribution in [0.25, 0.3) is 0 Å². The molecule has 4 rings (SSSR count). The van der Waals surface area contributed by atoms with Crippen LogP contribution in [0.4, 0.5) is 0 Å². The summed E-state index contributed by atoms with van der Waals surface area (Å²) >= 11 is 0. The van der Waals surface area contributed by atoms with Gasteiger partial charge in [0.1, 0.15) is 19.3 Å². The first-order chi connectivity index (χ1) is 11.4. The standard InChI is InChI=1S/C16H24BN3O4/c1-15(2)16(3,4)24-17(23-15)12-5-18-14(19-6-12)13-11-7-21-9-20(13)10-22-8-11/h5-6,11,13H,7-10H2,1-4H3. The highest BCUT2D eigenvalue weighted by Gasteiger charge is 2.52. The number of rotatable bonds is 2. The van der Waals surface area contributed by atoms with E-state index in [4.69, 9.17) is 18.8 Å². The molecule has 3 fully saturated rings. The lowest BCUT2D eigenvalue weighted by Crippen LogP contribution is -2.50. The van der Waals surface area contributed by atoms with Crippen molar-refractivity contribution < 1.29 is 18.8 Å². The molecule has 0 N–H and O–H groups in total. The van der Waals surface area contributed by atoms with Crippen molar-refractivity contribution in [1.82, 2.24) is 14.9 Å². The van der Waals surface area contributed by atoms with Crippen molar-refractivity contribution in [1.29, 1.82) is 0 Å². The van der Waals surface area contributed by atoms with Crippen LogP contribution in [0.15, 0.2) is 12.4 Å². The van der Waals surface area contributed by atoms with Gasteiger partial charge < -0.3 is 18.8 Å². The van der Waals surface area contributed by atoms with Gasteiger partial charge in [-0.2, -0.15) is 0 Å². The largest absolute Gasteiger partial charge is 0.498 e. The lowest BCUT2D eigenvalue weighted by atomic mass is 9.81. The third-order valence-corrected chi connectivity index (χ3v) is 5.50. The predicted molar refractivity (Wildman–Crippen MR) is 87.5 cm³/mol. The maximum Gasteiger partial charge on any atom is 0.498 e. The molecule has 1 aromatic rings. The molecule has 1 unspecified atom stereocenters. The fraction of sp³-hybridized carbons (Fsp3) is 0.750. The van der Waals surface area contributed by atoms with Gasteiger partial charge in [-0.3, -0.25) is 0 Å². The van der Waals surface area contributed by atoms with Gasteiger partial charge in [0.15, 0.2) is 0 Å². The zero-order chi connectivity index (χ0) is 16.9. The van der Waals surface area contributed by atoms with Gasteiger partial charge in [-0.05, 0) is 27.7 Å². The van der Waals surface area contributed by atoms with Gasteiger partial charge >= 0.3 is 7.12 Å². The van der Waals surface area contributed by atoms with E-state index in [0.717, 1.165) is 11.3 Å². The van der Waals surface area contributed by atoms with E-state index in [1.54, 1.807) is 0 Å². The van der Waals surface area contributed by atoms with Crippen LogP contribution in [-0.2, 0) is 18.8 Å². The Morgan fingerprint density at radius 3 is 2.04 bits per heavy atom. The van der Waals surface area contributed by atoms with E-state index in [9.17, 15) is 0 Å². The highest BCUT2D eigenvalue weighted by molar-refractivity contribution is 6.61. The molecule has 1 aromatic heterocycles. The lowest BCUT2D eigenvalue weighted by Gasteiger charge is -2.43. The van der Waals surface area contributed by atoms with Crippen molar-refractivity contribution >= 4 is 12.6 Å². The third-order valence-electron chi connectivity index (χ3n) is 5.50. The van der Waals surface area contributed by atoms with Gasteiger partial charge in [0.05, 0.1) is 30.5 Å². The van der Waals surface area contributed by atoms with E-state index in [1.165, 1.54) is 0 Å². The first kappa shape index (κ1) is 16.4. The molecule has 24 heavy (non-hydrogen) atoms. The van der Waals surface area contributed by atoms with Crippen LogP contribution >= 0.6 is 0 Å². The zero-order valence-corrected chi connectivity index (χ0v) is 14.7. The lowest BCUT2D eigenvalue weighted by molar-refractivity contribution is -0.189. The molecule has 3 saturated heterocycles. The summed E-state index contributed by atoms with van der Waals surface area (Å²) in [5.41, 5.74) is 0.120. The number of ether oxygens (including phenoxy) is 2. The number of fused-ring (bicyclic) bond motifs is 2. The van der Waals surface area contributed by atoms with Gasteiger partial charge in [0.25, 0.3) is 0 Å². The Morgan fingerprint density at radius 2 is 1.54 bits per heavy atom. The van der Waals surface area contributed by atoms with Crippen LogP contribution in [0.1, 0.15) is 39.6 Å². The van der Waals surface area contributed by atoms with E-state index in [1.807, 2.05) is 40.1 Å². The SMILES string of the molecule is CC1(C)OB(c2cnc(C3C4COCN3COC4)nc2)OC1(C)C. The number of hydrogen-bond donors (Lipinski definition) is 0. The summed E-state index contributed by atoms with van der Waals surface area (Å²) in [6.07, 6.45) is 3.63. The van der Waals surface area contributed by atoms with E-state index in [2.05, 4.69) is 14.9 Å². The van der Waals surface area contributed by atoms with Crippen LogP contribution in [0, 0.1) is 5.92 Å². The molecule has 0 aliphatic carbocycles. The molecule has 2 bridgehead atoms. The van der Waals surface area contributed by atoms with Gasteiger partial charge in [-0.15, -0.1) is 0 Å². The first-order valence-electron chi connectivity index (χ1n) is 8.44. The predicted octanol–water partition coefficient (Wildman–Crippen LogP) is 0.710. The Labute approximate surface area is 142 Å². The van der Waals surface area contributed by atoms with Crippen molar-refractivity contribution in [3.05, 3.63) is 18.2 Å². The normalized spacial score (nSPS) is 34.3. The van der Waals surface area contributed by atoms with E-state index in [0.29, 0.717) is 26.7 Å². The molecule has 0 amide bonds. The number of aromatic nitrogens is 2. The maximum absolute atomic E-state index is 6.06. The van der Waals surface area contributed by atoms with Gasteiger partial charge in [-0.25, -0.2) is 14.9 Å². The summed E-state index contributed by atoms with van der Waals surface area (Å²) in [6, 6.07) is 0.153. The van der Waals surface area contributed by atoms with Crippen molar-refractivity contribution in [2.75, 3.05) is 26.7 Å². The van der Waals surface area contributed by atoms with Crippen molar-refractivity contribution in [3.63, 3.8) is 0 Å². The smallest absolute Gasteiger partial charge is 0.399 e. The molecular weight excluding hydrogens is 309 g/mol. The fourth-order valence-electron chi connectivity index (χ4n) is 3.34. The average molecular weight is 333 g/mol. The van der Waals surface area contributed by atoms with E-state index >= 15 is 0 Å². The van der Waals surface area contributed by atoms with Crippen molar-refractivity contribution in [2.45, 2.75) is 44.9 Å². The molecule has 0 aromatic carbocycles. The fourth-order valence-corrected chi connectivity index (χ4v) is 3.34. The molecule has 7 nitrogen and oxygen atoms in total. The summed E-state index contributed by atoms with van der Waals surface area (Å²) in [5.74, 6) is 1.09. The van der Waals surface area contributed by atoms with Crippen LogP contribution in [0.3, 0.4) is 0 Å². The molecule has 0 spiro atoms. The highest BCUT2D eigenvalue weighted by Crippen LogP contribution is 2.37. The monoisotopic (exact) mass is 333 g/mol. The molecule has 130 valence electrons. The quantitative estimate of drug-likeness (QED) is 0.739. The summed E-state index contributed by atoms with van der Waals surface area (Å²) in [7, 11) is -0.429. The Kier molecular flexibility index (Phi) is 3.93. The molecule has 3 aliphatic rings. The van der Waals surface area contributed by atoms with Gasteiger partial charge in [0.2, 0.25) is 0 Å². The molecule has 3 aliphatic heterocycles. The minimum atomic E-state index is -0.429. The van der Waals surface area contributed by atoms with Crippen molar-refractivity contribution in [2.24, 2.45) is 5.92 Å². The second kappa shape index (κ2) is 5.74. The summed E-state index contributed by atoms with van der Waals surface area (Å²) in [6.45, 7) is 10.6. The Bertz CT molecular complexity index is 572. The van der Waals surface area contributed by atoms with Crippen LogP contribution in [0.5, 0.6) is 0 Å². The minimum Gasteiger partial charge on any atom is -0.399 e. The second-order valence-corrected chi connectivity index (χ2v) is 7.76. The van der Waals surface area contributed by atoms with Crippen LogP contribution < -0.4 is 5.46 Å². The highest BCUT2D eigenvalue weighted by atomic mass is 16.7. The van der Waals surface area contributed by atoms with Crippen LogP contribution in [-0.4, -0.2) is 59.9 Å². The Balaban J connectivity index is 1.54. The van der Waals surface area contributed by atoms with Gasteiger partial charge in [0, 0.05) is 23.8 Å². The van der Waals surface area contributed by atoms with E-state index < -0.39 is 7.12 Å². The topological polar surface area (TPSA) is 65.9 Å². The summed E-state index contributed by atoms with van der Waals surface area (Å²) in [4.78, 5) is 11.3. The Morgan fingerprint density at radius 1 is 1.00 bits per heavy atom. The van der Waals surface area contributed by atoms with Gasteiger partial charge in [-0.1, -0.05) is 0 Å². The second-order valence-electron chi connectivity index (χ2n) is 7.76. The van der Waals surface area contributed by atoms with Crippen molar-refractivity contribution in [3.8, 4) is 0 Å². The molecule has 1 atom stereocenters.